The van der Waals surface area contributed by atoms with Crippen molar-refractivity contribution in [2.75, 3.05) is 13.2 Å². The van der Waals surface area contributed by atoms with Gasteiger partial charge in [0.05, 0.1) is 13.2 Å². The van der Waals surface area contributed by atoms with Gasteiger partial charge in [0.1, 0.15) is 11.7 Å². The monoisotopic (exact) mass is 192 g/mol. The summed E-state index contributed by atoms with van der Waals surface area (Å²) in [7, 11) is 0. The van der Waals surface area contributed by atoms with E-state index >= 15 is 0 Å². The molecule has 1 unspecified atom stereocenters. The third-order valence-corrected chi connectivity index (χ3v) is 1.92. The van der Waals surface area contributed by atoms with Gasteiger partial charge in [-0.05, 0) is 0 Å². The van der Waals surface area contributed by atoms with Crippen LogP contribution in [0.5, 0.6) is 0 Å². The Hall–Kier alpha value is -0.840. The van der Waals surface area contributed by atoms with Crippen molar-refractivity contribution in [3.8, 4) is 0 Å². The van der Waals surface area contributed by atoms with E-state index in [4.69, 9.17) is 4.74 Å². The number of Topliss-reactive ketones (excluding diaryl/α,β-unsaturated/α-hetero) is 2. The molecule has 1 heterocycles. The van der Waals surface area contributed by atoms with E-state index in [2.05, 4.69) is 0 Å². The van der Waals surface area contributed by atoms with Gasteiger partial charge < -0.3 is 4.74 Å². The maximum atomic E-state index is 12.5. The average Bonchev–Trinajstić information content (AvgIpc) is 2.02. The van der Waals surface area contributed by atoms with Crippen molar-refractivity contribution in [2.45, 2.75) is 19.3 Å². The van der Waals surface area contributed by atoms with Crippen LogP contribution in [-0.4, -0.2) is 30.7 Å². The molecule has 0 bridgehead atoms. The summed E-state index contributed by atoms with van der Waals surface area (Å²) in [4.78, 5) is 22.0. The maximum Gasteiger partial charge on any atom is 0.303 e. The molecular weight excluding hydrogens is 182 g/mol. The topological polar surface area (TPSA) is 43.4 Å². The molecule has 0 amide bonds. The van der Waals surface area contributed by atoms with Gasteiger partial charge in [-0.15, -0.1) is 0 Å². The smallest absolute Gasteiger partial charge is 0.303 e. The van der Waals surface area contributed by atoms with Gasteiger partial charge in [-0.2, -0.15) is 8.78 Å². The van der Waals surface area contributed by atoms with Gasteiger partial charge in [-0.1, -0.05) is 0 Å². The molecule has 0 aromatic heterocycles. The van der Waals surface area contributed by atoms with E-state index in [0.29, 0.717) is 6.92 Å². The fourth-order valence-corrected chi connectivity index (χ4v) is 1.17. The van der Waals surface area contributed by atoms with Crippen molar-refractivity contribution in [3.05, 3.63) is 0 Å². The van der Waals surface area contributed by atoms with Crippen molar-refractivity contribution in [3.63, 3.8) is 0 Å². The fraction of sp³-hybridized carbons (Fsp3) is 0.750. The molecule has 1 saturated heterocycles. The molecule has 1 atom stereocenters. The number of hydrogen-bond donors (Lipinski definition) is 0. The molecule has 13 heavy (non-hydrogen) atoms. The predicted molar refractivity (Wildman–Crippen MR) is 39.6 cm³/mol. The highest BCUT2D eigenvalue weighted by atomic mass is 19.3. The molecule has 3 nitrogen and oxygen atoms in total. The molecule has 0 radical (unpaired) electrons. The number of ether oxygens (including phenoxy) is 1. The number of alkyl halides is 2. The van der Waals surface area contributed by atoms with Crippen LogP contribution in [0.25, 0.3) is 0 Å². The Morgan fingerprint density at radius 3 is 2.69 bits per heavy atom. The van der Waals surface area contributed by atoms with E-state index in [-0.39, 0.29) is 19.6 Å². The van der Waals surface area contributed by atoms with Gasteiger partial charge in [0.2, 0.25) is 5.78 Å². The minimum atomic E-state index is -3.44. The molecule has 1 aliphatic heterocycles. The van der Waals surface area contributed by atoms with E-state index in [9.17, 15) is 18.4 Å². The number of hydrogen-bond acceptors (Lipinski definition) is 3. The molecule has 0 N–H and O–H groups in total. The standard InChI is InChI=1S/C8H10F2O3/c1-8(9,10)7(12)5-4-13-3-2-6(5)11/h5H,2-4H2,1H3. The highest BCUT2D eigenvalue weighted by Gasteiger charge is 2.42. The van der Waals surface area contributed by atoms with Crippen LogP contribution in [0.3, 0.4) is 0 Å². The second-order valence-corrected chi connectivity index (χ2v) is 3.10. The van der Waals surface area contributed by atoms with Crippen LogP contribution >= 0.6 is 0 Å². The highest BCUT2D eigenvalue weighted by molar-refractivity contribution is 6.05. The van der Waals surface area contributed by atoms with Crippen molar-refractivity contribution < 1.29 is 23.1 Å². The van der Waals surface area contributed by atoms with Crippen molar-refractivity contribution in [1.29, 1.82) is 0 Å². The number of carbonyl (C=O) groups is 2. The highest BCUT2D eigenvalue weighted by Crippen LogP contribution is 2.22. The summed E-state index contributed by atoms with van der Waals surface area (Å²) >= 11 is 0. The number of halogens is 2. The Bertz CT molecular complexity index is 232. The number of ketones is 2. The Morgan fingerprint density at radius 1 is 1.62 bits per heavy atom. The lowest BCUT2D eigenvalue weighted by molar-refractivity contribution is -0.154. The van der Waals surface area contributed by atoms with E-state index < -0.39 is 23.4 Å². The van der Waals surface area contributed by atoms with Crippen molar-refractivity contribution in [1.82, 2.24) is 0 Å². The Kier molecular flexibility index (Phi) is 2.75. The van der Waals surface area contributed by atoms with Crippen LogP contribution in [0.1, 0.15) is 13.3 Å². The quantitative estimate of drug-likeness (QED) is 0.608. The molecule has 1 fully saturated rings. The molecule has 0 spiro atoms. The lowest BCUT2D eigenvalue weighted by atomic mass is 9.93. The zero-order valence-corrected chi connectivity index (χ0v) is 7.18. The minimum Gasteiger partial charge on any atom is -0.380 e. The summed E-state index contributed by atoms with van der Waals surface area (Å²) in [5.41, 5.74) is 0. The summed E-state index contributed by atoms with van der Waals surface area (Å²) in [6.07, 6.45) is 0.0481. The third kappa shape index (κ3) is 2.30. The SMILES string of the molecule is CC(F)(F)C(=O)C1COCCC1=O. The van der Waals surface area contributed by atoms with Crippen LogP contribution in [0.15, 0.2) is 0 Å². The van der Waals surface area contributed by atoms with E-state index in [1.165, 1.54) is 0 Å². The second-order valence-electron chi connectivity index (χ2n) is 3.10. The predicted octanol–water partition coefficient (Wildman–Crippen LogP) is 0.816. The molecule has 0 aromatic carbocycles. The van der Waals surface area contributed by atoms with Gasteiger partial charge in [-0.3, -0.25) is 9.59 Å². The zero-order chi connectivity index (χ0) is 10.1. The van der Waals surface area contributed by atoms with E-state index in [1.807, 2.05) is 0 Å². The largest absolute Gasteiger partial charge is 0.380 e. The van der Waals surface area contributed by atoms with Gasteiger partial charge in [0.25, 0.3) is 0 Å². The summed E-state index contributed by atoms with van der Waals surface area (Å²) in [6, 6.07) is 0. The van der Waals surface area contributed by atoms with Crippen LogP contribution < -0.4 is 0 Å². The van der Waals surface area contributed by atoms with Gasteiger partial charge in [0.15, 0.2) is 0 Å². The van der Waals surface area contributed by atoms with Crippen molar-refractivity contribution >= 4 is 11.6 Å². The first-order valence-corrected chi connectivity index (χ1v) is 3.95. The molecule has 1 rings (SSSR count). The summed E-state index contributed by atoms with van der Waals surface area (Å²) in [5, 5.41) is 0. The maximum absolute atomic E-state index is 12.5. The first-order valence-electron chi connectivity index (χ1n) is 3.95. The number of carbonyl (C=O) groups excluding carboxylic acids is 2. The van der Waals surface area contributed by atoms with Crippen LogP contribution in [0, 0.1) is 5.92 Å². The molecule has 0 aromatic rings. The summed E-state index contributed by atoms with van der Waals surface area (Å²) < 4.78 is 29.8. The van der Waals surface area contributed by atoms with E-state index in [1.54, 1.807) is 0 Å². The second kappa shape index (κ2) is 3.49. The normalized spacial score (nSPS) is 24.5. The number of rotatable bonds is 2. The zero-order valence-electron chi connectivity index (χ0n) is 7.18. The Labute approximate surface area is 74.1 Å². The van der Waals surface area contributed by atoms with Crippen LogP contribution in [-0.2, 0) is 14.3 Å². The fourth-order valence-electron chi connectivity index (χ4n) is 1.17. The first kappa shape index (κ1) is 10.2. The molecular formula is C8H10F2O3. The lowest BCUT2D eigenvalue weighted by Crippen LogP contribution is -2.41. The molecule has 1 aliphatic rings. The lowest BCUT2D eigenvalue weighted by Gasteiger charge is -2.22. The van der Waals surface area contributed by atoms with Crippen molar-refractivity contribution in [2.24, 2.45) is 5.92 Å². The van der Waals surface area contributed by atoms with Crippen LogP contribution in [0.2, 0.25) is 0 Å². The first-order chi connectivity index (χ1) is 5.93. The summed E-state index contributed by atoms with van der Waals surface area (Å²) in [5.74, 6) is -6.50. The molecule has 74 valence electrons. The van der Waals surface area contributed by atoms with Gasteiger partial charge in [-0.25, -0.2) is 0 Å². The third-order valence-electron chi connectivity index (χ3n) is 1.92. The minimum absolute atomic E-state index is 0.0481. The Morgan fingerprint density at radius 2 is 2.23 bits per heavy atom. The van der Waals surface area contributed by atoms with Crippen LogP contribution in [0.4, 0.5) is 8.78 Å². The molecule has 5 heteroatoms. The summed E-state index contributed by atoms with van der Waals surface area (Å²) in [6.45, 7) is 0.510. The molecule has 0 saturated carbocycles. The average molecular weight is 192 g/mol. The van der Waals surface area contributed by atoms with E-state index in [0.717, 1.165) is 0 Å². The Balaban J connectivity index is 2.70. The molecule has 0 aliphatic carbocycles. The van der Waals surface area contributed by atoms with Gasteiger partial charge in [0, 0.05) is 13.3 Å². The van der Waals surface area contributed by atoms with Gasteiger partial charge >= 0.3 is 5.92 Å².